The molecule has 1 radical (unpaired) electrons. The second-order valence-corrected chi connectivity index (χ2v) is 3.30. The van der Waals surface area contributed by atoms with E-state index in [-0.39, 0.29) is 11.7 Å². The van der Waals surface area contributed by atoms with Gasteiger partial charge in [0, 0.05) is 5.69 Å². The van der Waals surface area contributed by atoms with Gasteiger partial charge in [-0.1, -0.05) is 30.3 Å². The smallest absolute Gasteiger partial charge is 0.235 e. The first-order valence-electron chi connectivity index (χ1n) is 4.08. The minimum absolute atomic E-state index is 0.104. The maximum absolute atomic E-state index is 11.0. The molecule has 0 bridgehead atoms. The summed E-state index contributed by atoms with van der Waals surface area (Å²) in [6.07, 6.45) is 0. The summed E-state index contributed by atoms with van der Waals surface area (Å²) in [6, 6.07) is 5.89. The Bertz CT molecular complexity index is 323. The average molecular weight is 194 g/mol. The van der Waals surface area contributed by atoms with Gasteiger partial charge >= 0.3 is 0 Å². The van der Waals surface area contributed by atoms with Crippen LogP contribution in [0.2, 0.25) is 0 Å². The Morgan fingerprint density at radius 3 is 2.69 bits per heavy atom. The molecule has 1 rings (SSSR count). The predicted molar refractivity (Wildman–Crippen MR) is 57.0 cm³/mol. The van der Waals surface area contributed by atoms with Crippen LogP contribution in [0.15, 0.2) is 18.2 Å². The van der Waals surface area contributed by atoms with Crippen LogP contribution < -0.4 is 5.32 Å². The summed E-state index contributed by atoms with van der Waals surface area (Å²) in [7, 11) is 0. The lowest BCUT2D eigenvalue weighted by atomic mass is 10.1. The first-order chi connectivity index (χ1) is 6.13. The zero-order chi connectivity index (χ0) is 9.84. The zero-order valence-electron chi connectivity index (χ0n) is 7.76. The van der Waals surface area contributed by atoms with E-state index < -0.39 is 0 Å². The second kappa shape index (κ2) is 4.33. The molecular formula is C10H12NOS. The van der Waals surface area contributed by atoms with Crippen molar-refractivity contribution in [2.45, 2.75) is 13.8 Å². The molecule has 0 spiro atoms. The van der Waals surface area contributed by atoms with Crippen molar-refractivity contribution < 1.29 is 4.79 Å². The van der Waals surface area contributed by atoms with Crippen LogP contribution in [0.3, 0.4) is 0 Å². The van der Waals surface area contributed by atoms with Gasteiger partial charge in [0.2, 0.25) is 5.91 Å². The summed E-state index contributed by atoms with van der Waals surface area (Å²) in [4.78, 5) is 11.0. The molecular weight excluding hydrogens is 182 g/mol. The van der Waals surface area contributed by atoms with Crippen molar-refractivity contribution in [2.24, 2.45) is 0 Å². The Labute approximate surface area is 83.8 Å². The fourth-order valence-corrected chi connectivity index (χ4v) is 1.21. The van der Waals surface area contributed by atoms with Crippen molar-refractivity contribution in [3.8, 4) is 0 Å². The number of amides is 1. The highest BCUT2D eigenvalue weighted by Crippen LogP contribution is 2.15. The molecule has 2 nitrogen and oxygen atoms in total. The van der Waals surface area contributed by atoms with Crippen LogP contribution >= 0.6 is 12.6 Å². The van der Waals surface area contributed by atoms with Crippen molar-refractivity contribution in [2.75, 3.05) is 11.1 Å². The first kappa shape index (κ1) is 10.1. The van der Waals surface area contributed by atoms with E-state index in [0.29, 0.717) is 0 Å². The number of benzene rings is 1. The van der Waals surface area contributed by atoms with Crippen molar-refractivity contribution in [3.05, 3.63) is 29.3 Å². The number of anilines is 1. The van der Waals surface area contributed by atoms with E-state index in [1.807, 2.05) is 32.0 Å². The lowest BCUT2D eigenvalue weighted by Gasteiger charge is -2.07. The molecule has 1 N–H and O–H groups in total. The molecule has 0 unspecified atom stereocenters. The molecule has 0 fully saturated rings. The number of carbonyl (C=O) groups excluding carboxylic acids is 1. The molecule has 13 heavy (non-hydrogen) atoms. The van der Waals surface area contributed by atoms with Crippen LogP contribution in [0.1, 0.15) is 11.1 Å². The normalized spacial score (nSPS) is 9.77. The molecule has 69 valence electrons. The van der Waals surface area contributed by atoms with E-state index in [9.17, 15) is 4.79 Å². The van der Waals surface area contributed by atoms with Crippen LogP contribution in [-0.4, -0.2) is 11.7 Å². The zero-order valence-corrected chi connectivity index (χ0v) is 8.57. The molecule has 0 saturated heterocycles. The van der Waals surface area contributed by atoms with Gasteiger partial charge in [0.15, 0.2) is 0 Å². The summed E-state index contributed by atoms with van der Waals surface area (Å²) in [6.45, 7) is 3.98. The van der Waals surface area contributed by atoms with Crippen LogP contribution in [0.25, 0.3) is 0 Å². The van der Waals surface area contributed by atoms with E-state index in [0.717, 1.165) is 11.3 Å². The van der Waals surface area contributed by atoms with Gasteiger partial charge in [-0.15, -0.1) is 0 Å². The van der Waals surface area contributed by atoms with Gasteiger partial charge in [-0.25, -0.2) is 0 Å². The van der Waals surface area contributed by atoms with Gasteiger partial charge in [0.25, 0.3) is 0 Å². The molecule has 1 aromatic carbocycles. The van der Waals surface area contributed by atoms with E-state index in [1.54, 1.807) is 0 Å². The van der Waals surface area contributed by atoms with Gasteiger partial charge in [-0.3, -0.25) is 4.79 Å². The Hall–Kier alpha value is -0.960. The third kappa shape index (κ3) is 2.77. The summed E-state index contributed by atoms with van der Waals surface area (Å²) in [5.41, 5.74) is 3.10. The number of rotatable bonds is 2. The number of hydrogen-bond acceptors (Lipinski definition) is 1. The van der Waals surface area contributed by atoms with Crippen molar-refractivity contribution in [1.29, 1.82) is 0 Å². The molecule has 0 saturated carbocycles. The quantitative estimate of drug-likeness (QED) is 0.769. The standard InChI is InChI=1S/C10H12NOS/c1-7-3-4-9(8(2)5-7)11-10(12)6-13/h3-5H,6H2,1-2H3,(H,11,12). The highest BCUT2D eigenvalue weighted by Gasteiger charge is 2.01. The molecule has 1 aromatic rings. The fourth-order valence-electron chi connectivity index (χ4n) is 1.14. The highest BCUT2D eigenvalue weighted by molar-refractivity contribution is 7.81. The molecule has 1 amide bonds. The maximum Gasteiger partial charge on any atom is 0.235 e. The third-order valence-electron chi connectivity index (χ3n) is 1.79. The van der Waals surface area contributed by atoms with Gasteiger partial charge in [0.1, 0.15) is 0 Å². The summed E-state index contributed by atoms with van der Waals surface area (Å²) in [5, 5.41) is 2.74. The minimum Gasteiger partial charge on any atom is -0.325 e. The van der Waals surface area contributed by atoms with Gasteiger partial charge in [0.05, 0.1) is 5.75 Å². The summed E-state index contributed by atoms with van der Waals surface area (Å²) in [5.74, 6) is -0.0187. The van der Waals surface area contributed by atoms with E-state index in [1.165, 1.54) is 5.56 Å². The molecule has 0 atom stereocenters. The highest BCUT2D eigenvalue weighted by atomic mass is 32.1. The molecule has 3 heteroatoms. The Kier molecular flexibility index (Phi) is 3.37. The van der Waals surface area contributed by atoms with Crippen LogP contribution in [0, 0.1) is 13.8 Å². The summed E-state index contributed by atoms with van der Waals surface area (Å²) >= 11 is 4.63. The molecule has 0 aliphatic carbocycles. The van der Waals surface area contributed by atoms with Crippen LogP contribution in [0.4, 0.5) is 5.69 Å². The fraction of sp³-hybridized carbons (Fsp3) is 0.300. The van der Waals surface area contributed by atoms with Crippen LogP contribution in [0.5, 0.6) is 0 Å². The average Bonchev–Trinajstić information content (AvgIpc) is 2.09. The molecule has 0 aliphatic rings. The molecule has 0 heterocycles. The topological polar surface area (TPSA) is 29.1 Å². The number of hydrogen-bond donors (Lipinski definition) is 1. The Morgan fingerprint density at radius 1 is 1.46 bits per heavy atom. The van der Waals surface area contributed by atoms with Gasteiger partial charge in [-0.05, 0) is 25.5 Å². The van der Waals surface area contributed by atoms with Crippen molar-refractivity contribution >= 4 is 24.2 Å². The van der Waals surface area contributed by atoms with E-state index >= 15 is 0 Å². The lowest BCUT2D eigenvalue weighted by Crippen LogP contribution is -2.13. The first-order valence-corrected chi connectivity index (χ1v) is 4.66. The van der Waals surface area contributed by atoms with Gasteiger partial charge < -0.3 is 5.32 Å². The Balaban J connectivity index is 2.83. The summed E-state index contributed by atoms with van der Waals surface area (Å²) < 4.78 is 0. The van der Waals surface area contributed by atoms with Crippen molar-refractivity contribution in [1.82, 2.24) is 0 Å². The molecule has 0 aliphatic heterocycles. The van der Waals surface area contributed by atoms with Crippen LogP contribution in [-0.2, 0) is 4.79 Å². The third-order valence-corrected chi connectivity index (χ3v) is 2.05. The lowest BCUT2D eigenvalue weighted by molar-refractivity contribution is -0.113. The van der Waals surface area contributed by atoms with Crippen molar-refractivity contribution in [3.63, 3.8) is 0 Å². The van der Waals surface area contributed by atoms with E-state index in [4.69, 9.17) is 0 Å². The Morgan fingerprint density at radius 2 is 2.15 bits per heavy atom. The monoisotopic (exact) mass is 194 g/mol. The minimum atomic E-state index is -0.123. The number of nitrogens with one attached hydrogen (secondary N) is 1. The maximum atomic E-state index is 11.0. The largest absolute Gasteiger partial charge is 0.325 e. The molecule has 0 aromatic heterocycles. The van der Waals surface area contributed by atoms with Gasteiger partial charge in [-0.2, -0.15) is 0 Å². The predicted octanol–water partition coefficient (Wildman–Crippen LogP) is 2.44. The SMILES string of the molecule is Cc1ccc(NC(=O)C[S])c(C)c1. The number of aryl methyl sites for hydroxylation is 2. The number of carbonyl (C=O) groups is 1. The van der Waals surface area contributed by atoms with E-state index in [2.05, 4.69) is 17.9 Å². The second-order valence-electron chi connectivity index (χ2n) is 3.01.